The van der Waals surface area contributed by atoms with Crippen LogP contribution >= 0.6 is 0 Å². The largest absolute Gasteiger partial charge is 0.467 e. The average molecular weight is 449 g/mol. The fraction of sp³-hybridized carbons (Fsp3) is 0.409. The third-order valence-corrected chi connectivity index (χ3v) is 5.89. The van der Waals surface area contributed by atoms with Crippen molar-refractivity contribution in [2.45, 2.75) is 44.4 Å². The van der Waals surface area contributed by atoms with Gasteiger partial charge in [-0.1, -0.05) is 18.2 Å². The molecule has 1 aromatic carbocycles. The highest BCUT2D eigenvalue weighted by molar-refractivity contribution is 6.09. The fourth-order valence-electron chi connectivity index (χ4n) is 4.19. The summed E-state index contributed by atoms with van der Waals surface area (Å²) in [5, 5.41) is 2.60. The second-order valence-corrected chi connectivity index (χ2v) is 8.23. The molecule has 10 heteroatoms. The van der Waals surface area contributed by atoms with Crippen LogP contribution in [0.3, 0.4) is 0 Å². The Morgan fingerprint density at radius 3 is 2.66 bits per heavy atom. The Bertz CT molecular complexity index is 1050. The third-order valence-electron chi connectivity index (χ3n) is 5.89. The lowest BCUT2D eigenvalue weighted by atomic mass is 9.89. The van der Waals surface area contributed by atoms with Crippen molar-refractivity contribution >= 4 is 17.8 Å². The lowest BCUT2D eigenvalue weighted by Gasteiger charge is -2.26. The molecule has 1 fully saturated rings. The first kappa shape index (κ1) is 21.9. The number of hydrogen-bond donors (Lipinski definition) is 1. The summed E-state index contributed by atoms with van der Waals surface area (Å²) in [6.45, 7) is -1.23. The van der Waals surface area contributed by atoms with E-state index in [9.17, 15) is 27.6 Å². The van der Waals surface area contributed by atoms with Crippen molar-refractivity contribution < 1.29 is 32.0 Å². The van der Waals surface area contributed by atoms with Crippen molar-refractivity contribution in [3.63, 3.8) is 0 Å². The van der Waals surface area contributed by atoms with Crippen molar-refractivity contribution in [3.8, 4) is 0 Å². The number of amides is 4. The first-order chi connectivity index (χ1) is 15.1. The Hall–Kier alpha value is -3.30. The van der Waals surface area contributed by atoms with E-state index in [1.54, 1.807) is 6.07 Å². The molecular formula is C22H22F3N3O4. The molecule has 4 amide bonds. The molecule has 1 aliphatic carbocycles. The van der Waals surface area contributed by atoms with Gasteiger partial charge in [0.15, 0.2) is 0 Å². The van der Waals surface area contributed by atoms with Gasteiger partial charge in [-0.25, -0.2) is 4.79 Å². The normalized spacial score (nSPS) is 20.4. The number of halogens is 3. The Labute approximate surface area is 182 Å². The molecule has 0 saturated carbocycles. The van der Waals surface area contributed by atoms with Gasteiger partial charge in [-0.2, -0.15) is 13.2 Å². The van der Waals surface area contributed by atoms with Gasteiger partial charge in [0, 0.05) is 0 Å². The number of benzene rings is 1. The average Bonchev–Trinajstić information content (AvgIpc) is 3.44. The van der Waals surface area contributed by atoms with Crippen LogP contribution in [0.15, 0.2) is 41.0 Å². The molecule has 1 unspecified atom stereocenters. The molecule has 0 bridgehead atoms. The summed E-state index contributed by atoms with van der Waals surface area (Å²) in [5.74, 6) is -1.54. The molecule has 2 heterocycles. The predicted molar refractivity (Wildman–Crippen MR) is 106 cm³/mol. The number of urea groups is 1. The van der Waals surface area contributed by atoms with Crippen molar-refractivity contribution in [2.75, 3.05) is 13.1 Å². The molecule has 2 aliphatic rings. The summed E-state index contributed by atoms with van der Waals surface area (Å²) in [6.07, 6.45) is -0.522. The van der Waals surface area contributed by atoms with Crippen LogP contribution in [0.25, 0.3) is 0 Å². The zero-order chi connectivity index (χ0) is 23.1. The molecule has 1 saturated heterocycles. The predicted octanol–water partition coefficient (Wildman–Crippen LogP) is 3.13. The van der Waals surface area contributed by atoms with E-state index in [-0.39, 0.29) is 5.76 Å². The number of imide groups is 1. The van der Waals surface area contributed by atoms with Crippen LogP contribution in [0.5, 0.6) is 0 Å². The van der Waals surface area contributed by atoms with Gasteiger partial charge in [0.1, 0.15) is 24.4 Å². The van der Waals surface area contributed by atoms with Crippen LogP contribution in [0.4, 0.5) is 18.0 Å². The van der Waals surface area contributed by atoms with Crippen LogP contribution in [-0.4, -0.2) is 46.9 Å². The maximum Gasteiger partial charge on any atom is 0.406 e. The standard InChI is InChI=1S/C22H22F3N3O4/c1-21(16-8-7-14-4-2-5-15(14)10-16)19(30)28(20(31)26-21)12-18(29)27(13-22(23,24)25)11-17-6-3-9-32-17/h3,6-10H,2,4-5,11-13H2,1H3,(H,26,31). The maximum absolute atomic E-state index is 13.1. The van der Waals surface area contributed by atoms with E-state index in [1.165, 1.54) is 30.9 Å². The molecule has 7 nitrogen and oxygen atoms in total. The van der Waals surface area contributed by atoms with Gasteiger partial charge < -0.3 is 14.6 Å². The van der Waals surface area contributed by atoms with E-state index < -0.39 is 49.2 Å². The number of furan rings is 1. The number of alkyl halides is 3. The minimum absolute atomic E-state index is 0.155. The zero-order valence-electron chi connectivity index (χ0n) is 17.4. The van der Waals surface area contributed by atoms with Gasteiger partial charge in [-0.3, -0.25) is 14.5 Å². The Morgan fingerprint density at radius 2 is 1.97 bits per heavy atom. The molecule has 1 atom stereocenters. The van der Waals surface area contributed by atoms with Gasteiger partial charge in [-0.05, 0) is 55.0 Å². The molecule has 1 aliphatic heterocycles. The van der Waals surface area contributed by atoms with Crippen LogP contribution in [0.2, 0.25) is 0 Å². The second-order valence-electron chi connectivity index (χ2n) is 8.23. The maximum atomic E-state index is 13.1. The highest BCUT2D eigenvalue weighted by Gasteiger charge is 2.50. The SMILES string of the molecule is CC1(c2ccc3c(c2)CCC3)NC(=O)N(CC(=O)N(Cc2ccco2)CC(F)(F)F)C1=O. The van der Waals surface area contributed by atoms with Gasteiger partial charge in [-0.15, -0.1) is 0 Å². The second kappa shape index (κ2) is 7.99. The van der Waals surface area contributed by atoms with E-state index in [0.29, 0.717) is 15.4 Å². The van der Waals surface area contributed by atoms with Gasteiger partial charge >= 0.3 is 12.2 Å². The first-order valence-corrected chi connectivity index (χ1v) is 10.2. The van der Waals surface area contributed by atoms with Crippen LogP contribution in [0.1, 0.15) is 35.8 Å². The first-order valence-electron chi connectivity index (χ1n) is 10.2. The number of carbonyl (C=O) groups excluding carboxylic acids is 3. The number of fused-ring (bicyclic) bond motifs is 1. The molecule has 0 radical (unpaired) electrons. The van der Waals surface area contributed by atoms with E-state index >= 15 is 0 Å². The molecule has 0 spiro atoms. The summed E-state index contributed by atoms with van der Waals surface area (Å²) >= 11 is 0. The molecule has 1 aromatic heterocycles. The van der Waals surface area contributed by atoms with Gasteiger partial charge in [0.05, 0.1) is 12.8 Å². The molecule has 2 aromatic rings. The molecule has 4 rings (SSSR count). The number of nitrogens with one attached hydrogen (secondary N) is 1. The van der Waals surface area contributed by atoms with E-state index in [1.807, 2.05) is 12.1 Å². The number of aryl methyl sites for hydroxylation is 2. The van der Waals surface area contributed by atoms with Gasteiger partial charge in [0.2, 0.25) is 5.91 Å². The van der Waals surface area contributed by atoms with E-state index in [2.05, 4.69) is 5.32 Å². The van der Waals surface area contributed by atoms with Crippen molar-refractivity contribution in [3.05, 3.63) is 59.0 Å². The summed E-state index contributed by atoms with van der Waals surface area (Å²) in [7, 11) is 0. The van der Waals surface area contributed by atoms with Crippen LogP contribution < -0.4 is 5.32 Å². The van der Waals surface area contributed by atoms with Crippen LogP contribution in [-0.2, 0) is 34.5 Å². The topological polar surface area (TPSA) is 82.9 Å². The zero-order valence-corrected chi connectivity index (χ0v) is 17.4. The highest BCUT2D eigenvalue weighted by Crippen LogP contribution is 2.32. The number of rotatable bonds is 6. The molecular weight excluding hydrogens is 427 g/mol. The summed E-state index contributed by atoms with van der Waals surface area (Å²) in [6, 6.07) is 7.67. The van der Waals surface area contributed by atoms with Crippen molar-refractivity contribution in [2.24, 2.45) is 0 Å². The third kappa shape index (κ3) is 4.21. The Morgan fingerprint density at radius 1 is 1.22 bits per heavy atom. The molecule has 32 heavy (non-hydrogen) atoms. The highest BCUT2D eigenvalue weighted by atomic mass is 19.4. The summed E-state index contributed by atoms with van der Waals surface area (Å²) in [5.41, 5.74) is 1.48. The van der Waals surface area contributed by atoms with Gasteiger partial charge in [0.25, 0.3) is 5.91 Å². The fourth-order valence-corrected chi connectivity index (χ4v) is 4.19. The van der Waals surface area contributed by atoms with Crippen molar-refractivity contribution in [1.82, 2.24) is 15.1 Å². The van der Waals surface area contributed by atoms with E-state index in [4.69, 9.17) is 4.42 Å². The van der Waals surface area contributed by atoms with Crippen LogP contribution in [0, 0.1) is 0 Å². The smallest absolute Gasteiger partial charge is 0.406 e. The minimum Gasteiger partial charge on any atom is -0.467 e. The molecule has 170 valence electrons. The number of carbonyl (C=O) groups is 3. The summed E-state index contributed by atoms with van der Waals surface area (Å²) in [4.78, 5) is 39.6. The van der Waals surface area contributed by atoms with E-state index in [0.717, 1.165) is 24.8 Å². The lowest BCUT2D eigenvalue weighted by molar-refractivity contribution is -0.163. The lowest BCUT2D eigenvalue weighted by Crippen LogP contribution is -2.46. The Kier molecular flexibility index (Phi) is 5.47. The quantitative estimate of drug-likeness (QED) is 0.687. The van der Waals surface area contributed by atoms with Crippen molar-refractivity contribution in [1.29, 1.82) is 0 Å². The summed E-state index contributed by atoms with van der Waals surface area (Å²) < 4.78 is 44.1. The number of hydrogen-bond acceptors (Lipinski definition) is 4. The monoisotopic (exact) mass is 449 g/mol. The molecule has 1 N–H and O–H groups in total. The number of nitrogens with zero attached hydrogens (tertiary/aromatic N) is 2. The Balaban J connectivity index is 1.53. The minimum atomic E-state index is -4.65.